The smallest absolute Gasteiger partial charge is 0.328 e. The summed E-state index contributed by atoms with van der Waals surface area (Å²) >= 11 is 0. The van der Waals surface area contributed by atoms with Crippen molar-refractivity contribution in [2.45, 2.75) is 25.4 Å². The summed E-state index contributed by atoms with van der Waals surface area (Å²) in [5.41, 5.74) is -0.718. The summed E-state index contributed by atoms with van der Waals surface area (Å²) in [5, 5.41) is 0.256. The molecule has 3 rings (SSSR count). The van der Waals surface area contributed by atoms with Gasteiger partial charge in [0.1, 0.15) is 0 Å². The highest BCUT2D eigenvalue weighted by atomic mass is 19.1. The molecule has 1 N–H and O–H groups in total. The number of fused-ring (bicyclic) bond motifs is 1. The normalized spacial score (nSPS) is 20.7. The van der Waals surface area contributed by atoms with Gasteiger partial charge in [-0.2, -0.15) is 0 Å². The van der Waals surface area contributed by atoms with E-state index in [-0.39, 0.29) is 16.7 Å². The number of H-pyrrole nitrogens is 1. The predicted octanol–water partition coefficient (Wildman–Crippen LogP) is 1.18. The van der Waals surface area contributed by atoms with Crippen LogP contribution >= 0.6 is 0 Å². The fraction of sp³-hybridized carbons (Fsp3) is 0.500. The molecule has 6 nitrogen and oxygen atoms in total. The number of methoxy groups -OCH3 is 1. The molecule has 0 bridgehead atoms. The zero-order valence-electron chi connectivity index (χ0n) is 13.4. The monoisotopic (exact) mass is 321 g/mol. The number of ether oxygens (including phenoxy) is 1. The molecule has 1 heterocycles. The van der Waals surface area contributed by atoms with Crippen LogP contribution in [0, 0.1) is 11.7 Å². The van der Waals surface area contributed by atoms with Gasteiger partial charge in [-0.15, -0.1) is 0 Å². The van der Waals surface area contributed by atoms with Crippen molar-refractivity contribution < 1.29 is 9.13 Å². The van der Waals surface area contributed by atoms with Crippen LogP contribution in [0.4, 0.5) is 4.39 Å². The summed E-state index contributed by atoms with van der Waals surface area (Å²) < 4.78 is 19.8. The molecule has 1 aromatic heterocycles. The van der Waals surface area contributed by atoms with Gasteiger partial charge >= 0.3 is 5.69 Å². The second-order valence-corrected chi connectivity index (χ2v) is 6.33. The maximum absolute atomic E-state index is 13.7. The van der Waals surface area contributed by atoms with Crippen LogP contribution < -0.4 is 16.0 Å². The first-order valence-corrected chi connectivity index (χ1v) is 7.57. The van der Waals surface area contributed by atoms with E-state index in [1.807, 2.05) is 14.1 Å². The lowest BCUT2D eigenvalue weighted by molar-refractivity contribution is 0.110. The summed E-state index contributed by atoms with van der Waals surface area (Å²) in [6.07, 6.45) is 1.92. The van der Waals surface area contributed by atoms with E-state index in [0.717, 1.165) is 18.9 Å². The van der Waals surface area contributed by atoms with E-state index < -0.39 is 17.1 Å². The first-order chi connectivity index (χ1) is 10.9. The highest BCUT2D eigenvalue weighted by Gasteiger charge is 2.31. The minimum atomic E-state index is -0.611. The summed E-state index contributed by atoms with van der Waals surface area (Å²) in [4.78, 5) is 29.5. The fourth-order valence-corrected chi connectivity index (χ4v) is 3.11. The van der Waals surface area contributed by atoms with Crippen LogP contribution in [-0.4, -0.2) is 41.7 Å². The molecule has 0 unspecified atom stereocenters. The molecule has 2 aromatic rings. The summed E-state index contributed by atoms with van der Waals surface area (Å²) in [7, 11) is 5.39. The number of hydrogen-bond acceptors (Lipinski definition) is 4. The Bertz CT molecular complexity index is 850. The average Bonchev–Trinajstić information content (AvgIpc) is 2.44. The van der Waals surface area contributed by atoms with Crippen molar-refractivity contribution in [1.82, 2.24) is 14.5 Å². The van der Waals surface area contributed by atoms with Crippen LogP contribution in [0.15, 0.2) is 21.7 Å². The zero-order chi connectivity index (χ0) is 16.7. The topological polar surface area (TPSA) is 67.3 Å². The second kappa shape index (κ2) is 5.81. The Labute approximate surface area is 132 Å². The highest BCUT2D eigenvalue weighted by molar-refractivity contribution is 5.79. The minimum absolute atomic E-state index is 0.00971. The summed E-state index contributed by atoms with van der Waals surface area (Å²) in [6.45, 7) is 0.383. The molecule has 23 heavy (non-hydrogen) atoms. The SMILES string of the molecule is COc1cc2c(=O)n(CC3CC(N(C)C)C3)c(=O)[nH]c2cc1F. The van der Waals surface area contributed by atoms with Gasteiger partial charge in [-0.3, -0.25) is 9.36 Å². The van der Waals surface area contributed by atoms with Crippen LogP contribution in [0.5, 0.6) is 5.75 Å². The van der Waals surface area contributed by atoms with Crippen LogP contribution in [0.2, 0.25) is 0 Å². The number of benzene rings is 1. The van der Waals surface area contributed by atoms with Crippen LogP contribution in [-0.2, 0) is 6.54 Å². The Morgan fingerprint density at radius 2 is 2.04 bits per heavy atom. The standard InChI is InChI=1S/C16H20FN3O3/c1-19(2)10-4-9(5-10)8-20-15(21)11-6-14(23-3)12(17)7-13(11)18-16(20)22/h6-7,9-10H,4-5,8H2,1-3H3,(H,18,22). The molecule has 7 heteroatoms. The third-order valence-electron chi connectivity index (χ3n) is 4.64. The first kappa shape index (κ1) is 15.7. The molecule has 124 valence electrons. The molecule has 0 aliphatic heterocycles. The van der Waals surface area contributed by atoms with E-state index in [1.54, 1.807) is 0 Å². The van der Waals surface area contributed by atoms with Gasteiger partial charge in [-0.05, 0) is 38.9 Å². The average molecular weight is 321 g/mol. The van der Waals surface area contributed by atoms with Crippen molar-refractivity contribution in [1.29, 1.82) is 0 Å². The minimum Gasteiger partial charge on any atom is -0.494 e. The van der Waals surface area contributed by atoms with E-state index in [2.05, 4.69) is 9.88 Å². The van der Waals surface area contributed by atoms with E-state index in [0.29, 0.717) is 18.5 Å². The van der Waals surface area contributed by atoms with Gasteiger partial charge in [0, 0.05) is 18.7 Å². The maximum Gasteiger partial charge on any atom is 0.328 e. The third kappa shape index (κ3) is 2.76. The molecule has 1 aliphatic rings. The quantitative estimate of drug-likeness (QED) is 0.918. The lowest BCUT2D eigenvalue weighted by Crippen LogP contribution is -2.45. The Hall–Kier alpha value is -2.15. The number of nitrogens with one attached hydrogen (secondary N) is 1. The highest BCUT2D eigenvalue weighted by Crippen LogP contribution is 2.31. The van der Waals surface area contributed by atoms with E-state index in [9.17, 15) is 14.0 Å². The number of hydrogen-bond donors (Lipinski definition) is 1. The van der Waals surface area contributed by atoms with E-state index >= 15 is 0 Å². The molecule has 1 aromatic carbocycles. The van der Waals surface area contributed by atoms with Crippen LogP contribution in [0.3, 0.4) is 0 Å². The zero-order valence-corrected chi connectivity index (χ0v) is 13.4. The largest absolute Gasteiger partial charge is 0.494 e. The Morgan fingerprint density at radius 1 is 1.35 bits per heavy atom. The molecular formula is C16H20FN3O3. The molecule has 1 aliphatic carbocycles. The molecule has 0 saturated heterocycles. The Morgan fingerprint density at radius 3 is 2.65 bits per heavy atom. The number of aromatic nitrogens is 2. The lowest BCUT2D eigenvalue weighted by atomic mass is 9.79. The molecule has 0 atom stereocenters. The fourth-order valence-electron chi connectivity index (χ4n) is 3.11. The van der Waals surface area contributed by atoms with Gasteiger partial charge in [-0.25, -0.2) is 9.18 Å². The summed E-state index contributed by atoms with van der Waals surface area (Å²) in [6, 6.07) is 2.96. The molecule has 0 amide bonds. The molecule has 0 radical (unpaired) electrons. The van der Waals surface area contributed by atoms with Crippen molar-refractivity contribution in [2.24, 2.45) is 5.92 Å². The molecule has 1 saturated carbocycles. The molecule has 0 spiro atoms. The van der Waals surface area contributed by atoms with Gasteiger partial charge < -0.3 is 14.6 Å². The molecular weight excluding hydrogens is 301 g/mol. The van der Waals surface area contributed by atoms with Crippen molar-refractivity contribution >= 4 is 10.9 Å². The first-order valence-electron chi connectivity index (χ1n) is 7.57. The number of nitrogens with zero attached hydrogens (tertiary/aromatic N) is 2. The van der Waals surface area contributed by atoms with Crippen molar-refractivity contribution in [3.8, 4) is 5.75 Å². The van der Waals surface area contributed by atoms with E-state index in [1.165, 1.54) is 17.7 Å². The lowest BCUT2D eigenvalue weighted by Gasteiger charge is -2.39. The van der Waals surface area contributed by atoms with Gasteiger partial charge in [0.2, 0.25) is 0 Å². The second-order valence-electron chi connectivity index (χ2n) is 6.33. The van der Waals surface area contributed by atoms with Gasteiger partial charge in [0.25, 0.3) is 5.56 Å². The molecule has 1 fully saturated rings. The van der Waals surface area contributed by atoms with E-state index in [4.69, 9.17) is 4.74 Å². The Kier molecular flexibility index (Phi) is 3.97. The van der Waals surface area contributed by atoms with Gasteiger partial charge in [0.05, 0.1) is 18.0 Å². The Balaban J connectivity index is 1.97. The maximum atomic E-state index is 13.7. The predicted molar refractivity (Wildman–Crippen MR) is 85.5 cm³/mol. The van der Waals surface area contributed by atoms with Crippen LogP contribution in [0.25, 0.3) is 10.9 Å². The third-order valence-corrected chi connectivity index (χ3v) is 4.64. The number of aromatic amines is 1. The van der Waals surface area contributed by atoms with Crippen molar-refractivity contribution in [2.75, 3.05) is 21.2 Å². The van der Waals surface area contributed by atoms with Crippen LogP contribution in [0.1, 0.15) is 12.8 Å². The van der Waals surface area contributed by atoms with Gasteiger partial charge in [-0.1, -0.05) is 0 Å². The van der Waals surface area contributed by atoms with Gasteiger partial charge in [0.15, 0.2) is 11.6 Å². The van der Waals surface area contributed by atoms with Crippen molar-refractivity contribution in [3.63, 3.8) is 0 Å². The number of rotatable bonds is 4. The number of halogens is 1. The summed E-state index contributed by atoms with van der Waals surface area (Å²) in [5.74, 6) is -0.314. The van der Waals surface area contributed by atoms with Crippen molar-refractivity contribution in [3.05, 3.63) is 38.8 Å².